The Morgan fingerprint density at radius 3 is 2.41 bits per heavy atom. The highest BCUT2D eigenvalue weighted by Crippen LogP contribution is 2.36. The first kappa shape index (κ1) is 22.4. The molecule has 3 aromatic rings. The van der Waals surface area contributed by atoms with Crippen molar-refractivity contribution in [2.75, 3.05) is 6.61 Å². The fraction of sp³-hybridized carbons (Fsp3) is 0.120. The molecule has 0 saturated carbocycles. The van der Waals surface area contributed by atoms with E-state index in [9.17, 15) is 19.8 Å². The van der Waals surface area contributed by atoms with Gasteiger partial charge in [-0.15, -0.1) is 5.11 Å². The Kier molecular flexibility index (Phi) is 7.13. The molecule has 3 rings (SSSR count). The molecule has 0 fully saturated rings. The summed E-state index contributed by atoms with van der Waals surface area (Å²) in [6.45, 7) is 5.43. The molecule has 3 aromatic carbocycles. The maximum Gasteiger partial charge on any atom is 0.330 e. The monoisotopic (exact) mass is 430 g/mol. The lowest BCUT2D eigenvalue weighted by Crippen LogP contribution is -2.04. The summed E-state index contributed by atoms with van der Waals surface area (Å²) in [6.07, 6.45) is 1.51. The van der Waals surface area contributed by atoms with Crippen LogP contribution in [0.15, 0.2) is 83.5 Å². The summed E-state index contributed by atoms with van der Waals surface area (Å²) in [5, 5.41) is 28.7. The van der Waals surface area contributed by atoms with Gasteiger partial charge in [0.15, 0.2) is 5.78 Å². The first-order chi connectivity index (χ1) is 15.4. The molecular weight excluding hydrogens is 408 g/mol. The Morgan fingerprint density at radius 2 is 1.69 bits per heavy atom. The highest BCUT2D eigenvalue weighted by atomic mass is 16.5. The Bertz CT molecular complexity index is 1190. The summed E-state index contributed by atoms with van der Waals surface area (Å²) in [5.41, 5.74) is 2.75. The van der Waals surface area contributed by atoms with Gasteiger partial charge in [-0.2, -0.15) is 5.11 Å². The summed E-state index contributed by atoms with van der Waals surface area (Å²) < 4.78 is 5.03. The van der Waals surface area contributed by atoms with Crippen molar-refractivity contribution in [3.63, 3.8) is 0 Å². The second-order valence-corrected chi connectivity index (χ2v) is 7.01. The number of ether oxygens (including phenoxy) is 1. The van der Waals surface area contributed by atoms with Crippen LogP contribution in [0.3, 0.4) is 0 Å². The van der Waals surface area contributed by atoms with E-state index in [2.05, 4.69) is 16.8 Å². The van der Waals surface area contributed by atoms with Crippen molar-refractivity contribution >= 4 is 23.1 Å². The zero-order valence-corrected chi connectivity index (χ0v) is 17.5. The molecule has 162 valence electrons. The van der Waals surface area contributed by atoms with Crippen LogP contribution >= 0.6 is 0 Å². The van der Waals surface area contributed by atoms with Crippen LogP contribution in [0.4, 0.5) is 11.4 Å². The normalized spacial score (nSPS) is 10.8. The minimum Gasteiger partial charge on any atom is -0.507 e. The van der Waals surface area contributed by atoms with Crippen LogP contribution in [0.1, 0.15) is 27.0 Å². The van der Waals surface area contributed by atoms with Crippen molar-refractivity contribution in [1.82, 2.24) is 0 Å². The van der Waals surface area contributed by atoms with Gasteiger partial charge in [-0.3, -0.25) is 4.79 Å². The highest BCUT2D eigenvalue weighted by Gasteiger charge is 2.17. The number of aromatic hydroxyl groups is 2. The number of carbonyl (C=O) groups excluding carboxylic acids is 2. The predicted molar refractivity (Wildman–Crippen MR) is 120 cm³/mol. The molecule has 0 heterocycles. The second kappa shape index (κ2) is 10.2. The van der Waals surface area contributed by atoms with Gasteiger partial charge in [0.25, 0.3) is 0 Å². The first-order valence-electron chi connectivity index (χ1n) is 9.85. The molecule has 0 aromatic heterocycles. The lowest BCUT2D eigenvalue weighted by atomic mass is 10.0. The summed E-state index contributed by atoms with van der Waals surface area (Å²) >= 11 is 0. The third kappa shape index (κ3) is 5.46. The van der Waals surface area contributed by atoms with Gasteiger partial charge in [0.05, 0.1) is 17.9 Å². The number of phenols is 2. The minimum atomic E-state index is -0.509. The van der Waals surface area contributed by atoms with E-state index in [0.29, 0.717) is 17.7 Å². The van der Waals surface area contributed by atoms with E-state index >= 15 is 0 Å². The number of hydrogen-bond acceptors (Lipinski definition) is 7. The number of carbonyl (C=O) groups is 2. The minimum absolute atomic E-state index is 0.00316. The average Bonchev–Trinajstić information content (AvgIpc) is 2.79. The molecule has 0 unspecified atom stereocenters. The zero-order valence-electron chi connectivity index (χ0n) is 17.5. The summed E-state index contributed by atoms with van der Waals surface area (Å²) in [4.78, 5) is 24.0. The smallest absolute Gasteiger partial charge is 0.330 e. The van der Waals surface area contributed by atoms with E-state index in [1.807, 2.05) is 19.1 Å². The van der Waals surface area contributed by atoms with Gasteiger partial charge >= 0.3 is 5.97 Å². The molecule has 2 N–H and O–H groups in total. The molecule has 0 aliphatic heterocycles. The number of esters is 1. The molecule has 0 aliphatic carbocycles. The van der Waals surface area contributed by atoms with Gasteiger partial charge in [-0.25, -0.2) is 4.79 Å². The number of azo groups is 1. The Hall–Kier alpha value is -4.26. The standard InChI is InChI=1S/C25H22N2O5/c1-3-24(30)32-12-11-18-13-16(2)9-10-20(18)26-27-21-14-19(22(28)15-23(21)29)25(31)17-7-5-4-6-8-17/h3-10,13-15,28-29H,1,11-12H2,2H3. The molecule has 0 radical (unpaired) electrons. The number of nitrogens with zero attached hydrogens (tertiary/aromatic N) is 2. The van der Waals surface area contributed by atoms with E-state index in [0.717, 1.165) is 23.3 Å². The molecule has 7 heteroatoms. The third-order valence-corrected chi connectivity index (χ3v) is 4.66. The van der Waals surface area contributed by atoms with Gasteiger partial charge in [0, 0.05) is 24.1 Å². The van der Waals surface area contributed by atoms with Gasteiger partial charge in [-0.1, -0.05) is 54.6 Å². The van der Waals surface area contributed by atoms with Gasteiger partial charge in [0.1, 0.15) is 17.2 Å². The van der Waals surface area contributed by atoms with Gasteiger partial charge in [0.2, 0.25) is 0 Å². The van der Waals surface area contributed by atoms with Crippen molar-refractivity contribution in [1.29, 1.82) is 0 Å². The highest BCUT2D eigenvalue weighted by molar-refractivity contribution is 6.11. The maximum atomic E-state index is 12.7. The van der Waals surface area contributed by atoms with Crippen LogP contribution in [0.25, 0.3) is 0 Å². The largest absolute Gasteiger partial charge is 0.507 e. The molecular formula is C25H22N2O5. The number of hydrogen-bond donors (Lipinski definition) is 2. The molecule has 7 nitrogen and oxygen atoms in total. The molecule has 0 amide bonds. The molecule has 0 saturated heterocycles. The van der Waals surface area contributed by atoms with E-state index in [4.69, 9.17) is 4.74 Å². The number of aryl methyl sites for hydroxylation is 1. The van der Waals surface area contributed by atoms with Crippen LogP contribution in [0, 0.1) is 6.92 Å². The zero-order chi connectivity index (χ0) is 23.1. The van der Waals surface area contributed by atoms with Crippen molar-refractivity contribution in [2.45, 2.75) is 13.3 Å². The Balaban J connectivity index is 1.88. The average molecular weight is 430 g/mol. The second-order valence-electron chi connectivity index (χ2n) is 7.01. The Morgan fingerprint density at radius 1 is 0.969 bits per heavy atom. The van der Waals surface area contributed by atoms with Crippen LogP contribution in [-0.2, 0) is 16.0 Å². The van der Waals surface area contributed by atoms with Crippen molar-refractivity contribution in [3.05, 3.63) is 95.6 Å². The van der Waals surface area contributed by atoms with Crippen LogP contribution in [0.5, 0.6) is 11.5 Å². The summed E-state index contributed by atoms with van der Waals surface area (Å²) in [6, 6.07) is 16.4. The van der Waals surface area contributed by atoms with Crippen LogP contribution in [0.2, 0.25) is 0 Å². The summed E-state index contributed by atoms with van der Waals surface area (Å²) in [5.74, 6) is -1.58. The molecule has 32 heavy (non-hydrogen) atoms. The number of benzene rings is 3. The topological polar surface area (TPSA) is 109 Å². The number of ketones is 1. The van der Waals surface area contributed by atoms with Crippen LogP contribution < -0.4 is 0 Å². The quantitative estimate of drug-likeness (QED) is 0.217. The van der Waals surface area contributed by atoms with Crippen LogP contribution in [-0.4, -0.2) is 28.6 Å². The number of rotatable bonds is 8. The molecule has 0 spiro atoms. The lowest BCUT2D eigenvalue weighted by Gasteiger charge is -2.08. The Labute approximate surface area is 185 Å². The van der Waals surface area contributed by atoms with Gasteiger partial charge in [-0.05, 0) is 24.6 Å². The van der Waals surface area contributed by atoms with E-state index in [1.54, 1.807) is 36.4 Å². The van der Waals surface area contributed by atoms with E-state index in [-0.39, 0.29) is 29.4 Å². The molecule has 0 bridgehead atoms. The molecule has 0 atom stereocenters. The van der Waals surface area contributed by atoms with E-state index < -0.39 is 11.8 Å². The lowest BCUT2D eigenvalue weighted by molar-refractivity contribution is -0.137. The maximum absolute atomic E-state index is 12.7. The third-order valence-electron chi connectivity index (χ3n) is 4.66. The van der Waals surface area contributed by atoms with E-state index in [1.165, 1.54) is 6.07 Å². The molecule has 0 aliphatic rings. The van der Waals surface area contributed by atoms with Crippen molar-refractivity contribution in [2.24, 2.45) is 10.2 Å². The van der Waals surface area contributed by atoms with Crippen molar-refractivity contribution < 1.29 is 24.5 Å². The fourth-order valence-corrected chi connectivity index (χ4v) is 3.01. The summed E-state index contributed by atoms with van der Waals surface area (Å²) in [7, 11) is 0. The fourth-order valence-electron chi connectivity index (χ4n) is 3.01. The SMILES string of the molecule is C=CC(=O)OCCc1cc(C)ccc1N=Nc1cc(C(=O)c2ccccc2)c(O)cc1O. The van der Waals surface area contributed by atoms with Crippen molar-refractivity contribution in [3.8, 4) is 11.5 Å². The predicted octanol–water partition coefficient (Wildman–Crippen LogP) is 5.32. The first-order valence-corrected chi connectivity index (χ1v) is 9.85. The van der Waals surface area contributed by atoms with Gasteiger partial charge < -0.3 is 14.9 Å². The number of phenolic OH excluding ortho intramolecular Hbond substituents is 2.